The maximum atomic E-state index is 2.61. The summed E-state index contributed by atoms with van der Waals surface area (Å²) in [6.07, 6.45) is 0. The minimum atomic E-state index is -1.67. The van der Waals surface area contributed by atoms with E-state index in [2.05, 4.69) is 85.3 Å². The zero-order valence-electron chi connectivity index (χ0n) is 14.6. The number of fused-ring (bicyclic) bond motifs is 4. The predicted octanol–water partition coefficient (Wildman–Crippen LogP) is 3.99. The molecule has 24 heavy (non-hydrogen) atoms. The second-order valence-corrected chi connectivity index (χ2v) is 14.1. The topological polar surface area (TPSA) is 3.24 Å². The summed E-state index contributed by atoms with van der Waals surface area (Å²) in [5, 5.41) is 3.17. The minimum absolute atomic E-state index is 0.0999. The number of nitrogens with zero attached hydrogens (tertiary/aromatic N) is 1. The first-order valence-corrected chi connectivity index (χ1v) is 13.4. The molecule has 3 aromatic rings. The fourth-order valence-corrected chi connectivity index (χ4v) is 9.81. The molecule has 1 nitrogen and oxygen atoms in total. The molecule has 0 amide bonds. The van der Waals surface area contributed by atoms with Gasteiger partial charge in [0, 0.05) is 0 Å². The Morgan fingerprint density at radius 3 is 2.46 bits per heavy atom. The van der Waals surface area contributed by atoms with Crippen LogP contribution in [0.3, 0.4) is 0 Å². The number of para-hydroxylation sites is 2. The normalized spacial score (nSPS) is 18.6. The van der Waals surface area contributed by atoms with Gasteiger partial charge in [-0.3, -0.25) is 0 Å². The van der Waals surface area contributed by atoms with Crippen LogP contribution in [0.15, 0.2) is 53.5 Å². The molecule has 0 radical (unpaired) electrons. The van der Waals surface area contributed by atoms with Gasteiger partial charge >= 0.3 is 151 Å². The van der Waals surface area contributed by atoms with Crippen LogP contribution in [0.4, 0.5) is 15.9 Å². The Labute approximate surface area is 150 Å². The van der Waals surface area contributed by atoms with Gasteiger partial charge in [-0.2, -0.15) is 0 Å². The maximum absolute atomic E-state index is 2.61. The van der Waals surface area contributed by atoms with E-state index < -0.39 is 8.07 Å². The molecule has 0 bridgehead atoms. The second-order valence-electron chi connectivity index (χ2n) is 7.94. The van der Waals surface area contributed by atoms with Crippen molar-refractivity contribution in [1.29, 1.82) is 0 Å². The fraction of sp³-hybridized carbons (Fsp3) is 0.238. The van der Waals surface area contributed by atoms with Gasteiger partial charge in [0.1, 0.15) is 0 Å². The molecule has 0 aliphatic carbocycles. The van der Waals surface area contributed by atoms with E-state index in [9.17, 15) is 0 Å². The molecule has 0 saturated heterocycles. The van der Waals surface area contributed by atoms with Gasteiger partial charge in [0.2, 0.25) is 0 Å². The average molecular weight is 394 g/mol. The van der Waals surface area contributed by atoms with Gasteiger partial charge in [0.05, 0.1) is 0 Å². The van der Waals surface area contributed by atoms with Crippen molar-refractivity contribution >= 4 is 48.9 Å². The van der Waals surface area contributed by atoms with E-state index in [1.165, 1.54) is 22.5 Å². The van der Waals surface area contributed by atoms with E-state index in [1.54, 1.807) is 14.9 Å². The van der Waals surface area contributed by atoms with Crippen molar-refractivity contribution < 1.29 is 0 Å². The molecule has 0 spiro atoms. The van der Waals surface area contributed by atoms with E-state index >= 15 is 0 Å². The Kier molecular flexibility index (Phi) is 2.80. The molecule has 2 aromatic carbocycles. The molecule has 5 rings (SSSR count). The van der Waals surface area contributed by atoms with E-state index in [4.69, 9.17) is 0 Å². The summed E-state index contributed by atoms with van der Waals surface area (Å²) in [7, 11) is -1.67. The van der Waals surface area contributed by atoms with Crippen molar-refractivity contribution in [2.24, 2.45) is 0 Å². The summed E-state index contributed by atoms with van der Waals surface area (Å²) in [5.74, 6) is 0. The van der Waals surface area contributed by atoms with Crippen LogP contribution < -0.4 is 15.3 Å². The molecule has 0 N–H and O–H groups in total. The SMILES string of the molecule is CC1(C)c2cc[se]c2N2c3ccccc3[Si](C)(C)c3cccc1c32. The van der Waals surface area contributed by atoms with E-state index in [-0.39, 0.29) is 5.41 Å². The van der Waals surface area contributed by atoms with Crippen molar-refractivity contribution in [2.75, 3.05) is 4.90 Å². The molecule has 2 aliphatic heterocycles. The molecule has 0 atom stereocenters. The summed E-state index contributed by atoms with van der Waals surface area (Å²) in [5.41, 5.74) is 6.05. The van der Waals surface area contributed by atoms with Gasteiger partial charge in [-0.05, 0) is 0 Å². The van der Waals surface area contributed by atoms with Crippen LogP contribution in [0.2, 0.25) is 13.1 Å². The third-order valence-corrected chi connectivity index (χ3v) is 11.3. The van der Waals surface area contributed by atoms with Crippen molar-refractivity contribution in [3.8, 4) is 0 Å². The van der Waals surface area contributed by atoms with Crippen LogP contribution in [0.1, 0.15) is 25.0 Å². The number of benzene rings is 2. The Bertz CT molecular complexity index is 983. The van der Waals surface area contributed by atoms with E-state index in [0.717, 1.165) is 0 Å². The third-order valence-electron chi connectivity index (χ3n) is 5.95. The van der Waals surface area contributed by atoms with Crippen LogP contribution in [-0.4, -0.2) is 22.6 Å². The molecule has 120 valence electrons. The Balaban J connectivity index is 1.97. The van der Waals surface area contributed by atoms with Crippen molar-refractivity contribution in [2.45, 2.75) is 32.4 Å². The summed E-state index contributed by atoms with van der Waals surface area (Å²) >= 11 is 0.424. The van der Waals surface area contributed by atoms with Gasteiger partial charge in [0.15, 0.2) is 0 Å². The van der Waals surface area contributed by atoms with Crippen molar-refractivity contribution in [3.05, 3.63) is 64.6 Å². The average Bonchev–Trinajstić information content (AvgIpc) is 3.05. The van der Waals surface area contributed by atoms with Crippen LogP contribution in [-0.2, 0) is 5.41 Å². The molecule has 0 unspecified atom stereocenters. The van der Waals surface area contributed by atoms with Gasteiger partial charge < -0.3 is 0 Å². The van der Waals surface area contributed by atoms with E-state index in [0.29, 0.717) is 14.5 Å². The molecule has 3 heterocycles. The van der Waals surface area contributed by atoms with Crippen molar-refractivity contribution in [3.63, 3.8) is 0 Å². The summed E-state index contributed by atoms with van der Waals surface area (Å²) in [6.45, 7) is 9.81. The van der Waals surface area contributed by atoms with Crippen LogP contribution in [0.25, 0.3) is 0 Å². The standard InChI is InChI=1S/C21H21NSeSi/c1-21(2)14-8-7-11-18-19(14)22(20-15(21)12-13-23-20)16-9-5-6-10-17(16)24(18,3)4/h5-13H,1-4H3. The molecule has 0 fully saturated rings. The fourth-order valence-electron chi connectivity index (χ4n) is 4.56. The summed E-state index contributed by atoms with van der Waals surface area (Å²) in [6, 6.07) is 18.5. The number of hydrogen-bond acceptors (Lipinski definition) is 1. The van der Waals surface area contributed by atoms with Crippen LogP contribution in [0.5, 0.6) is 0 Å². The summed E-state index contributed by atoms with van der Waals surface area (Å²) < 4.78 is 1.55. The van der Waals surface area contributed by atoms with Gasteiger partial charge in [-0.1, -0.05) is 0 Å². The summed E-state index contributed by atoms with van der Waals surface area (Å²) in [4.78, 5) is 5.00. The zero-order valence-corrected chi connectivity index (χ0v) is 17.3. The number of rotatable bonds is 0. The number of hydrogen-bond donors (Lipinski definition) is 0. The van der Waals surface area contributed by atoms with E-state index in [1.807, 2.05) is 0 Å². The Hall–Kier alpha value is -1.54. The Morgan fingerprint density at radius 1 is 0.875 bits per heavy atom. The van der Waals surface area contributed by atoms with Crippen LogP contribution >= 0.6 is 0 Å². The monoisotopic (exact) mass is 395 g/mol. The molecule has 2 aliphatic rings. The third kappa shape index (κ3) is 1.61. The van der Waals surface area contributed by atoms with Crippen molar-refractivity contribution in [1.82, 2.24) is 0 Å². The van der Waals surface area contributed by atoms with Gasteiger partial charge in [-0.15, -0.1) is 0 Å². The first-order valence-electron chi connectivity index (χ1n) is 8.55. The molecule has 1 aromatic heterocycles. The molecule has 0 saturated carbocycles. The predicted molar refractivity (Wildman–Crippen MR) is 107 cm³/mol. The number of anilines is 3. The zero-order chi connectivity index (χ0) is 16.7. The Morgan fingerprint density at radius 2 is 1.62 bits per heavy atom. The molecular weight excluding hydrogens is 373 g/mol. The first-order chi connectivity index (χ1) is 11.4. The molecular formula is C21H21NSeSi. The van der Waals surface area contributed by atoms with Crippen LogP contribution in [0, 0.1) is 0 Å². The van der Waals surface area contributed by atoms with Gasteiger partial charge in [0.25, 0.3) is 0 Å². The second kappa shape index (κ2) is 4.54. The quantitative estimate of drug-likeness (QED) is 0.521. The first kappa shape index (κ1) is 14.8. The molecule has 3 heteroatoms. The van der Waals surface area contributed by atoms with Gasteiger partial charge in [-0.25, -0.2) is 0 Å².